The minimum absolute atomic E-state index is 0.0705. The van der Waals surface area contributed by atoms with E-state index in [1.807, 2.05) is 0 Å². The van der Waals surface area contributed by atoms with Gasteiger partial charge in [0, 0.05) is 11.6 Å². The number of nitrogens with one attached hydrogen (secondary N) is 1. The average Bonchev–Trinajstić information content (AvgIpc) is 2.88. The van der Waals surface area contributed by atoms with Crippen molar-refractivity contribution in [1.82, 2.24) is 15.3 Å². The SMILES string of the molecule is Nc1nonc1C(=O)Nc1ccc(Cl)c2ncccc12. The van der Waals surface area contributed by atoms with Crippen molar-refractivity contribution in [2.45, 2.75) is 0 Å². The number of carbonyl (C=O) groups excluding carboxylic acids is 1. The van der Waals surface area contributed by atoms with Crippen molar-refractivity contribution in [3.8, 4) is 0 Å². The van der Waals surface area contributed by atoms with Gasteiger partial charge in [0.25, 0.3) is 5.91 Å². The fraction of sp³-hybridized carbons (Fsp3) is 0. The van der Waals surface area contributed by atoms with E-state index in [0.717, 1.165) is 0 Å². The van der Waals surface area contributed by atoms with E-state index < -0.39 is 5.91 Å². The highest BCUT2D eigenvalue weighted by atomic mass is 35.5. The molecule has 3 rings (SSSR count). The molecule has 8 heteroatoms. The summed E-state index contributed by atoms with van der Waals surface area (Å²) in [6.45, 7) is 0. The highest BCUT2D eigenvalue weighted by Crippen LogP contribution is 2.28. The predicted octanol–water partition coefficient (Wildman–Crippen LogP) is 2.11. The molecule has 7 nitrogen and oxygen atoms in total. The highest BCUT2D eigenvalue weighted by Gasteiger charge is 2.17. The van der Waals surface area contributed by atoms with Crippen LogP contribution in [0.1, 0.15) is 10.5 Å². The fourth-order valence-electron chi connectivity index (χ4n) is 1.78. The standard InChI is InChI=1S/C12H8ClN5O2/c13-7-3-4-8(6-2-1-5-15-9(6)7)16-12(19)10-11(14)18-20-17-10/h1-5H,(H2,14,18)(H,16,19). The number of hydrogen-bond donors (Lipinski definition) is 2. The van der Waals surface area contributed by atoms with E-state index in [0.29, 0.717) is 21.6 Å². The zero-order valence-corrected chi connectivity index (χ0v) is 10.8. The first-order chi connectivity index (χ1) is 9.66. The summed E-state index contributed by atoms with van der Waals surface area (Å²) in [5.74, 6) is -0.588. The second-order valence-corrected chi connectivity index (χ2v) is 4.35. The molecule has 0 saturated heterocycles. The Kier molecular flexibility index (Phi) is 2.96. The number of fused-ring (bicyclic) bond motifs is 1. The Bertz CT molecular complexity index is 801. The molecule has 2 aromatic heterocycles. The molecule has 2 heterocycles. The minimum Gasteiger partial charge on any atom is -0.379 e. The van der Waals surface area contributed by atoms with Crippen LogP contribution in [0.25, 0.3) is 10.9 Å². The van der Waals surface area contributed by atoms with Crippen LogP contribution in [0.15, 0.2) is 35.1 Å². The summed E-state index contributed by atoms with van der Waals surface area (Å²) in [4.78, 5) is 16.2. The van der Waals surface area contributed by atoms with Crippen molar-refractivity contribution in [3.05, 3.63) is 41.2 Å². The number of nitrogen functional groups attached to an aromatic ring is 1. The third-order valence-electron chi connectivity index (χ3n) is 2.70. The zero-order chi connectivity index (χ0) is 14.1. The third-order valence-corrected chi connectivity index (χ3v) is 3.00. The second kappa shape index (κ2) is 4.78. The van der Waals surface area contributed by atoms with E-state index in [4.69, 9.17) is 17.3 Å². The van der Waals surface area contributed by atoms with Gasteiger partial charge < -0.3 is 11.1 Å². The number of anilines is 2. The molecule has 100 valence electrons. The number of aromatic nitrogens is 3. The molecule has 0 aliphatic heterocycles. The van der Waals surface area contributed by atoms with Gasteiger partial charge in [0.2, 0.25) is 11.5 Å². The molecule has 0 aliphatic carbocycles. The maximum atomic E-state index is 12.0. The van der Waals surface area contributed by atoms with E-state index in [-0.39, 0.29) is 11.5 Å². The summed E-state index contributed by atoms with van der Waals surface area (Å²) in [5, 5.41) is 10.7. The van der Waals surface area contributed by atoms with E-state index in [1.165, 1.54) is 0 Å². The van der Waals surface area contributed by atoms with Gasteiger partial charge in [-0.3, -0.25) is 9.78 Å². The minimum atomic E-state index is -0.517. The summed E-state index contributed by atoms with van der Waals surface area (Å²) in [5.41, 5.74) is 6.54. The first-order valence-corrected chi connectivity index (χ1v) is 5.97. The molecule has 0 atom stereocenters. The predicted molar refractivity (Wildman–Crippen MR) is 73.4 cm³/mol. The second-order valence-electron chi connectivity index (χ2n) is 3.95. The number of benzene rings is 1. The Morgan fingerprint density at radius 3 is 2.90 bits per heavy atom. The molecule has 0 unspecified atom stereocenters. The van der Waals surface area contributed by atoms with E-state index in [9.17, 15) is 4.79 Å². The Labute approximate surface area is 117 Å². The lowest BCUT2D eigenvalue weighted by molar-refractivity contribution is 0.101. The molecule has 20 heavy (non-hydrogen) atoms. The topological polar surface area (TPSA) is 107 Å². The number of pyridine rings is 1. The quantitative estimate of drug-likeness (QED) is 0.748. The lowest BCUT2D eigenvalue weighted by Crippen LogP contribution is -2.14. The normalized spacial score (nSPS) is 10.7. The highest BCUT2D eigenvalue weighted by molar-refractivity contribution is 6.35. The van der Waals surface area contributed by atoms with Gasteiger partial charge in [-0.25, -0.2) is 4.63 Å². The van der Waals surface area contributed by atoms with Gasteiger partial charge >= 0.3 is 0 Å². The molecule has 0 radical (unpaired) electrons. The Morgan fingerprint density at radius 2 is 2.15 bits per heavy atom. The van der Waals surface area contributed by atoms with Crippen molar-refractivity contribution in [3.63, 3.8) is 0 Å². The summed E-state index contributed by atoms with van der Waals surface area (Å²) in [7, 11) is 0. The van der Waals surface area contributed by atoms with Crippen LogP contribution in [0.5, 0.6) is 0 Å². The number of halogens is 1. The van der Waals surface area contributed by atoms with Crippen LogP contribution in [0.3, 0.4) is 0 Å². The average molecular weight is 290 g/mol. The number of carbonyl (C=O) groups is 1. The van der Waals surface area contributed by atoms with Crippen LogP contribution in [-0.4, -0.2) is 21.2 Å². The first-order valence-electron chi connectivity index (χ1n) is 5.59. The maximum absolute atomic E-state index is 12.0. The van der Waals surface area contributed by atoms with Gasteiger partial charge in [-0.1, -0.05) is 11.6 Å². The summed E-state index contributed by atoms with van der Waals surface area (Å²) >= 11 is 6.06. The first kappa shape index (κ1) is 12.4. The van der Waals surface area contributed by atoms with Crippen LogP contribution >= 0.6 is 11.6 Å². The number of hydrogen-bond acceptors (Lipinski definition) is 6. The number of nitrogens with two attached hydrogens (primary N) is 1. The molecule has 1 aromatic carbocycles. The molecule has 3 aromatic rings. The van der Waals surface area contributed by atoms with Gasteiger partial charge in [-0.05, 0) is 34.6 Å². The molecule has 1 amide bonds. The molecule has 0 bridgehead atoms. The van der Waals surface area contributed by atoms with Crippen molar-refractivity contribution in [2.75, 3.05) is 11.1 Å². The summed E-state index contributed by atoms with van der Waals surface area (Å²) in [6, 6.07) is 6.87. The van der Waals surface area contributed by atoms with Crippen LogP contribution in [0, 0.1) is 0 Å². The van der Waals surface area contributed by atoms with E-state index in [1.54, 1.807) is 30.5 Å². The molecule has 0 aliphatic rings. The van der Waals surface area contributed by atoms with Gasteiger partial charge in [0.1, 0.15) is 0 Å². The fourth-order valence-corrected chi connectivity index (χ4v) is 2.00. The third kappa shape index (κ3) is 2.04. The molecule has 0 fully saturated rings. The van der Waals surface area contributed by atoms with Crippen LogP contribution in [0.2, 0.25) is 5.02 Å². The molecular formula is C12H8ClN5O2. The van der Waals surface area contributed by atoms with Gasteiger partial charge in [-0.15, -0.1) is 0 Å². The Morgan fingerprint density at radius 1 is 1.30 bits per heavy atom. The number of rotatable bonds is 2. The van der Waals surface area contributed by atoms with Crippen LogP contribution in [0.4, 0.5) is 11.5 Å². The number of amides is 1. The lowest BCUT2D eigenvalue weighted by Gasteiger charge is -2.08. The van der Waals surface area contributed by atoms with Crippen molar-refractivity contribution >= 4 is 39.9 Å². The monoisotopic (exact) mass is 289 g/mol. The van der Waals surface area contributed by atoms with Gasteiger partial charge in [-0.2, -0.15) is 0 Å². The largest absolute Gasteiger partial charge is 0.379 e. The van der Waals surface area contributed by atoms with Crippen LogP contribution < -0.4 is 11.1 Å². The van der Waals surface area contributed by atoms with E-state index >= 15 is 0 Å². The summed E-state index contributed by atoms with van der Waals surface area (Å²) in [6.07, 6.45) is 1.62. The maximum Gasteiger partial charge on any atom is 0.281 e. The molecular weight excluding hydrogens is 282 g/mol. The van der Waals surface area contributed by atoms with Gasteiger partial charge in [0.15, 0.2) is 0 Å². The molecule has 0 saturated carbocycles. The van der Waals surface area contributed by atoms with Crippen molar-refractivity contribution in [2.24, 2.45) is 0 Å². The van der Waals surface area contributed by atoms with Gasteiger partial charge in [0.05, 0.1) is 16.2 Å². The molecule has 3 N–H and O–H groups in total. The Hall–Kier alpha value is -2.67. The van der Waals surface area contributed by atoms with Crippen molar-refractivity contribution < 1.29 is 9.42 Å². The lowest BCUT2D eigenvalue weighted by atomic mass is 10.1. The Balaban J connectivity index is 2.02. The van der Waals surface area contributed by atoms with Crippen LogP contribution in [-0.2, 0) is 0 Å². The zero-order valence-electron chi connectivity index (χ0n) is 10.0. The smallest absolute Gasteiger partial charge is 0.281 e. The summed E-state index contributed by atoms with van der Waals surface area (Å²) < 4.78 is 4.39. The molecule has 0 spiro atoms. The van der Waals surface area contributed by atoms with E-state index in [2.05, 4.69) is 25.2 Å². The van der Waals surface area contributed by atoms with Crippen molar-refractivity contribution in [1.29, 1.82) is 0 Å². The number of nitrogens with zero attached hydrogens (tertiary/aromatic N) is 3.